The molecule has 0 spiro atoms. The Bertz CT molecular complexity index is 1650. The van der Waals surface area contributed by atoms with Gasteiger partial charge in [-0.25, -0.2) is 34.7 Å². The zero-order chi connectivity index (χ0) is 28.6. The summed E-state index contributed by atoms with van der Waals surface area (Å²) in [6.07, 6.45) is 9.99. The van der Waals surface area contributed by atoms with E-state index in [1.54, 1.807) is 49.3 Å². The van der Waals surface area contributed by atoms with E-state index in [0.29, 0.717) is 35.6 Å². The molecule has 0 bridgehead atoms. The third-order valence-electron chi connectivity index (χ3n) is 6.32. The molecule has 0 saturated carbocycles. The lowest BCUT2D eigenvalue weighted by Gasteiger charge is -2.11. The molecular weight excluding hydrogens is 528 g/mol. The van der Waals surface area contributed by atoms with Crippen LogP contribution in [0.1, 0.15) is 22.3 Å². The van der Waals surface area contributed by atoms with Crippen LogP contribution in [0, 0.1) is 0 Å². The minimum Gasteiger partial charge on any atom is -0.375 e. The smallest absolute Gasteiger partial charge is 0.375 e. The summed E-state index contributed by atoms with van der Waals surface area (Å²) in [6, 6.07) is 26.7. The zero-order valence-corrected chi connectivity index (χ0v) is 22.4. The van der Waals surface area contributed by atoms with E-state index in [9.17, 15) is 4.79 Å². The summed E-state index contributed by atoms with van der Waals surface area (Å²) in [4.78, 5) is 39.2. The number of hydrogen-bond acceptors (Lipinski definition) is 9. The summed E-state index contributed by atoms with van der Waals surface area (Å²) in [5.41, 5.74) is 4.91. The van der Waals surface area contributed by atoms with Gasteiger partial charge < -0.3 is 9.47 Å². The SMILES string of the molecule is O=C(Oc1ncccc1Cc1cnc(-c2ccccc2)nc1)Oc1ncccc1Cc1cnc(-c2ccccc2)nc1. The van der Waals surface area contributed by atoms with Crippen LogP contribution in [0.25, 0.3) is 22.8 Å². The number of benzene rings is 2. The average molecular weight is 553 g/mol. The van der Waals surface area contributed by atoms with Gasteiger partial charge in [0.25, 0.3) is 0 Å². The van der Waals surface area contributed by atoms with Crippen LogP contribution in [-0.2, 0) is 12.8 Å². The molecule has 0 N–H and O–H groups in total. The molecule has 6 aromatic rings. The van der Waals surface area contributed by atoms with Crippen molar-refractivity contribution in [2.24, 2.45) is 0 Å². The van der Waals surface area contributed by atoms with Crippen molar-refractivity contribution in [3.63, 3.8) is 0 Å². The van der Waals surface area contributed by atoms with Crippen LogP contribution in [0.15, 0.2) is 122 Å². The van der Waals surface area contributed by atoms with Crippen LogP contribution in [0.3, 0.4) is 0 Å². The second-order valence-corrected chi connectivity index (χ2v) is 9.30. The quantitative estimate of drug-likeness (QED) is 0.205. The molecule has 0 amide bonds. The van der Waals surface area contributed by atoms with Gasteiger partial charge in [-0.1, -0.05) is 72.8 Å². The van der Waals surface area contributed by atoms with E-state index in [1.165, 1.54) is 0 Å². The van der Waals surface area contributed by atoms with Crippen LogP contribution < -0.4 is 9.47 Å². The molecule has 9 nitrogen and oxygen atoms in total. The first-order valence-electron chi connectivity index (χ1n) is 13.2. The van der Waals surface area contributed by atoms with Crippen LogP contribution in [-0.4, -0.2) is 36.1 Å². The van der Waals surface area contributed by atoms with Crippen molar-refractivity contribution >= 4 is 6.16 Å². The lowest BCUT2D eigenvalue weighted by Crippen LogP contribution is -2.17. The minimum atomic E-state index is -0.943. The third-order valence-corrected chi connectivity index (χ3v) is 6.32. The van der Waals surface area contributed by atoms with Gasteiger partial charge in [-0.3, -0.25) is 0 Å². The Hall–Kier alpha value is -5.83. The van der Waals surface area contributed by atoms with Gasteiger partial charge in [0.15, 0.2) is 11.6 Å². The number of carbonyl (C=O) groups excluding carboxylic acids is 1. The van der Waals surface area contributed by atoms with Crippen molar-refractivity contribution in [3.8, 4) is 34.5 Å². The fraction of sp³-hybridized carbons (Fsp3) is 0.0606. The summed E-state index contributed by atoms with van der Waals surface area (Å²) in [7, 11) is 0. The highest BCUT2D eigenvalue weighted by atomic mass is 16.7. The van der Waals surface area contributed by atoms with Crippen LogP contribution in [0.5, 0.6) is 11.8 Å². The molecule has 0 aliphatic rings. The van der Waals surface area contributed by atoms with Gasteiger partial charge in [-0.15, -0.1) is 0 Å². The molecule has 0 aliphatic carbocycles. The predicted molar refractivity (Wildman–Crippen MR) is 156 cm³/mol. The van der Waals surface area contributed by atoms with E-state index in [2.05, 4.69) is 29.9 Å². The van der Waals surface area contributed by atoms with Crippen molar-refractivity contribution in [2.75, 3.05) is 0 Å². The van der Waals surface area contributed by atoms with E-state index in [1.807, 2.05) is 72.8 Å². The van der Waals surface area contributed by atoms with Crippen LogP contribution in [0.4, 0.5) is 4.79 Å². The van der Waals surface area contributed by atoms with Crippen molar-refractivity contribution in [2.45, 2.75) is 12.8 Å². The molecule has 0 aliphatic heterocycles. The zero-order valence-electron chi connectivity index (χ0n) is 22.4. The van der Waals surface area contributed by atoms with Gasteiger partial charge in [0, 0.05) is 72.3 Å². The van der Waals surface area contributed by atoms with Crippen molar-refractivity contribution in [3.05, 3.63) is 144 Å². The highest BCUT2D eigenvalue weighted by Gasteiger charge is 2.17. The van der Waals surface area contributed by atoms with Gasteiger partial charge in [0.1, 0.15) is 0 Å². The second kappa shape index (κ2) is 12.6. The van der Waals surface area contributed by atoms with E-state index < -0.39 is 6.16 Å². The first kappa shape index (κ1) is 26.4. The topological polar surface area (TPSA) is 113 Å². The Morgan fingerprint density at radius 2 is 0.905 bits per heavy atom. The summed E-state index contributed by atoms with van der Waals surface area (Å²) < 4.78 is 11.0. The van der Waals surface area contributed by atoms with Crippen molar-refractivity contribution < 1.29 is 14.3 Å². The van der Waals surface area contributed by atoms with E-state index in [0.717, 1.165) is 22.3 Å². The maximum Gasteiger partial charge on any atom is 0.522 e. The highest BCUT2D eigenvalue weighted by molar-refractivity contribution is 5.67. The predicted octanol–water partition coefficient (Wildman–Crippen LogP) is 6.15. The fourth-order valence-corrected chi connectivity index (χ4v) is 4.28. The third kappa shape index (κ3) is 6.48. The first-order chi connectivity index (χ1) is 20.7. The summed E-state index contributed by atoms with van der Waals surface area (Å²) >= 11 is 0. The number of nitrogens with zero attached hydrogens (tertiary/aromatic N) is 6. The van der Waals surface area contributed by atoms with Gasteiger partial charge in [-0.05, 0) is 23.3 Å². The van der Waals surface area contributed by atoms with Gasteiger partial charge in [0.05, 0.1) is 0 Å². The van der Waals surface area contributed by atoms with Gasteiger partial charge in [0.2, 0.25) is 11.8 Å². The lowest BCUT2D eigenvalue weighted by molar-refractivity contribution is 0.147. The maximum absolute atomic E-state index is 12.8. The molecule has 42 heavy (non-hydrogen) atoms. The number of ether oxygens (including phenoxy) is 2. The molecule has 0 radical (unpaired) electrons. The minimum absolute atomic E-state index is 0.136. The van der Waals surface area contributed by atoms with E-state index in [-0.39, 0.29) is 11.8 Å². The first-order valence-corrected chi connectivity index (χ1v) is 13.2. The number of carbonyl (C=O) groups is 1. The molecule has 0 atom stereocenters. The maximum atomic E-state index is 12.8. The van der Waals surface area contributed by atoms with Crippen molar-refractivity contribution in [1.82, 2.24) is 29.9 Å². The second-order valence-electron chi connectivity index (χ2n) is 9.30. The van der Waals surface area contributed by atoms with E-state index in [4.69, 9.17) is 9.47 Å². The molecule has 6 rings (SSSR count). The number of pyridine rings is 2. The standard InChI is InChI=1S/C33H24N6O3/c40-33(41-31-27(13-7-15-34-31)17-23-19-36-29(37-20-23)25-9-3-1-4-10-25)42-32-28(14-8-16-35-32)18-24-21-38-30(39-22-24)26-11-5-2-6-12-26/h1-16,19-22H,17-18H2. The Morgan fingerprint density at radius 1 is 0.500 bits per heavy atom. The molecule has 9 heteroatoms. The van der Waals surface area contributed by atoms with Crippen LogP contribution in [0.2, 0.25) is 0 Å². The summed E-state index contributed by atoms with van der Waals surface area (Å²) in [5.74, 6) is 1.54. The Kier molecular flexibility index (Phi) is 7.90. The molecular formula is C33H24N6O3. The Balaban J connectivity index is 1.12. The molecule has 4 aromatic heterocycles. The molecule has 204 valence electrons. The Morgan fingerprint density at radius 3 is 1.31 bits per heavy atom. The summed E-state index contributed by atoms with van der Waals surface area (Å²) in [5, 5.41) is 0. The number of aromatic nitrogens is 6. The molecule has 0 unspecified atom stereocenters. The average Bonchev–Trinajstić information content (AvgIpc) is 3.04. The molecule has 0 fully saturated rings. The van der Waals surface area contributed by atoms with Crippen molar-refractivity contribution in [1.29, 1.82) is 0 Å². The highest BCUT2D eigenvalue weighted by Crippen LogP contribution is 2.23. The molecule has 0 saturated heterocycles. The number of hydrogen-bond donors (Lipinski definition) is 0. The summed E-state index contributed by atoms with van der Waals surface area (Å²) in [6.45, 7) is 0. The Labute approximate surface area is 242 Å². The van der Waals surface area contributed by atoms with E-state index >= 15 is 0 Å². The molecule has 2 aromatic carbocycles. The largest absolute Gasteiger partial charge is 0.522 e. The normalized spacial score (nSPS) is 10.7. The lowest BCUT2D eigenvalue weighted by atomic mass is 10.1. The van der Waals surface area contributed by atoms with Gasteiger partial charge in [-0.2, -0.15) is 0 Å². The van der Waals surface area contributed by atoms with Gasteiger partial charge >= 0.3 is 6.16 Å². The fourth-order valence-electron chi connectivity index (χ4n) is 4.28. The monoisotopic (exact) mass is 552 g/mol. The number of rotatable bonds is 8. The molecule has 4 heterocycles. The van der Waals surface area contributed by atoms with Crippen LogP contribution >= 0.6 is 0 Å².